The van der Waals surface area contributed by atoms with E-state index in [1.165, 1.54) is 6.42 Å². The Hall–Kier alpha value is -0.670. The topological polar surface area (TPSA) is 49.3 Å². The third-order valence-corrected chi connectivity index (χ3v) is 10.0. The van der Waals surface area contributed by atoms with E-state index < -0.39 is 5.60 Å². The third-order valence-electron chi connectivity index (χ3n) is 10.0. The summed E-state index contributed by atoms with van der Waals surface area (Å²) in [6.07, 6.45) is 14.3. The lowest BCUT2D eigenvalue weighted by Crippen LogP contribution is -2.62. The van der Waals surface area contributed by atoms with Crippen LogP contribution in [0.15, 0.2) is 12.2 Å². The molecule has 4 aliphatic carbocycles. The highest BCUT2D eigenvalue weighted by Gasteiger charge is 2.64. The third kappa shape index (κ3) is 2.56. The van der Waals surface area contributed by atoms with Gasteiger partial charge in [-0.05, 0) is 80.5 Å². The standard InChI is InChI=1S/C24H37NO2/c1-22-10-9-20-18(19(22)5-6-21(22)26)8-12-24(27)13-16(7-11-23(20,24)2)3-4-17-14-25-15-17/h3-4,16-20,25,27H,5-15H2,1-2H3/b4-3-/t16-,18+,19+,20+,22+,23-,24-/m1/s1. The van der Waals surface area contributed by atoms with Crippen LogP contribution in [0, 0.1) is 40.4 Å². The van der Waals surface area contributed by atoms with Gasteiger partial charge in [0.1, 0.15) is 5.78 Å². The van der Waals surface area contributed by atoms with Crippen molar-refractivity contribution in [3.05, 3.63) is 12.2 Å². The van der Waals surface area contributed by atoms with Crippen molar-refractivity contribution in [2.45, 2.75) is 77.2 Å². The normalized spacial score (nSPS) is 52.9. The Morgan fingerprint density at radius 2 is 1.74 bits per heavy atom. The summed E-state index contributed by atoms with van der Waals surface area (Å²) < 4.78 is 0. The van der Waals surface area contributed by atoms with Gasteiger partial charge in [0.15, 0.2) is 0 Å². The Kier molecular flexibility index (Phi) is 4.19. The molecule has 1 saturated heterocycles. The predicted octanol–water partition coefficient (Wildman–Crippen LogP) is 4.10. The van der Waals surface area contributed by atoms with E-state index in [-0.39, 0.29) is 10.8 Å². The molecule has 3 nitrogen and oxygen atoms in total. The van der Waals surface area contributed by atoms with Gasteiger partial charge in [0.05, 0.1) is 5.60 Å². The summed E-state index contributed by atoms with van der Waals surface area (Å²) in [6, 6.07) is 0. The lowest BCUT2D eigenvalue weighted by Gasteiger charge is -2.63. The molecule has 0 radical (unpaired) electrons. The van der Waals surface area contributed by atoms with Gasteiger partial charge in [-0.25, -0.2) is 0 Å². The van der Waals surface area contributed by atoms with Crippen molar-refractivity contribution in [2.24, 2.45) is 40.4 Å². The smallest absolute Gasteiger partial charge is 0.139 e. The fourth-order valence-corrected chi connectivity index (χ4v) is 7.99. The number of allylic oxidation sites excluding steroid dienone is 1. The summed E-state index contributed by atoms with van der Waals surface area (Å²) in [4.78, 5) is 12.6. The summed E-state index contributed by atoms with van der Waals surface area (Å²) in [5, 5.41) is 15.2. The van der Waals surface area contributed by atoms with Gasteiger partial charge in [-0.2, -0.15) is 0 Å². The van der Waals surface area contributed by atoms with Crippen LogP contribution >= 0.6 is 0 Å². The van der Waals surface area contributed by atoms with Crippen molar-refractivity contribution < 1.29 is 9.90 Å². The summed E-state index contributed by atoms with van der Waals surface area (Å²) in [7, 11) is 0. The Balaban J connectivity index is 1.36. The number of carbonyl (C=O) groups excluding carboxylic acids is 1. The summed E-state index contributed by atoms with van der Waals surface area (Å²) in [5.74, 6) is 3.63. The van der Waals surface area contributed by atoms with Gasteiger partial charge >= 0.3 is 0 Å². The number of ketones is 1. The lowest BCUT2D eigenvalue weighted by molar-refractivity contribution is -0.207. The van der Waals surface area contributed by atoms with Gasteiger partial charge in [-0.1, -0.05) is 26.0 Å². The van der Waals surface area contributed by atoms with Crippen LogP contribution in [-0.4, -0.2) is 29.6 Å². The van der Waals surface area contributed by atoms with Crippen LogP contribution in [0.2, 0.25) is 0 Å². The van der Waals surface area contributed by atoms with Gasteiger partial charge in [0.25, 0.3) is 0 Å². The Morgan fingerprint density at radius 1 is 0.963 bits per heavy atom. The lowest BCUT2D eigenvalue weighted by atomic mass is 9.43. The van der Waals surface area contributed by atoms with Gasteiger partial charge in [0.2, 0.25) is 0 Å². The zero-order valence-electron chi connectivity index (χ0n) is 17.2. The second-order valence-electron chi connectivity index (χ2n) is 11.1. The molecule has 150 valence electrons. The van der Waals surface area contributed by atoms with E-state index in [2.05, 4.69) is 31.3 Å². The second-order valence-corrected chi connectivity index (χ2v) is 11.1. The largest absolute Gasteiger partial charge is 0.389 e. The summed E-state index contributed by atoms with van der Waals surface area (Å²) in [5.41, 5.74) is -0.509. The number of rotatable bonds is 2. The number of nitrogens with one attached hydrogen (secondary N) is 1. The van der Waals surface area contributed by atoms with E-state index in [4.69, 9.17) is 0 Å². The maximum Gasteiger partial charge on any atom is 0.139 e. The van der Waals surface area contributed by atoms with Crippen molar-refractivity contribution in [2.75, 3.05) is 13.1 Å². The molecule has 27 heavy (non-hydrogen) atoms. The fourth-order valence-electron chi connectivity index (χ4n) is 7.99. The molecule has 1 heterocycles. The first-order chi connectivity index (χ1) is 12.9. The molecule has 4 saturated carbocycles. The Morgan fingerprint density at radius 3 is 2.48 bits per heavy atom. The summed E-state index contributed by atoms with van der Waals surface area (Å²) in [6.45, 7) is 6.89. The van der Waals surface area contributed by atoms with Crippen molar-refractivity contribution in [1.82, 2.24) is 5.32 Å². The van der Waals surface area contributed by atoms with Crippen molar-refractivity contribution in [3.8, 4) is 0 Å². The minimum absolute atomic E-state index is 0.0469. The second kappa shape index (κ2) is 6.16. The molecule has 0 aromatic rings. The van der Waals surface area contributed by atoms with Gasteiger partial charge < -0.3 is 10.4 Å². The minimum Gasteiger partial charge on any atom is -0.389 e. The first kappa shape index (κ1) is 18.4. The number of hydrogen-bond acceptors (Lipinski definition) is 3. The number of fused-ring (bicyclic) bond motifs is 5. The van der Waals surface area contributed by atoms with Crippen molar-refractivity contribution in [3.63, 3.8) is 0 Å². The van der Waals surface area contributed by atoms with E-state index in [0.29, 0.717) is 35.4 Å². The zero-order chi connectivity index (χ0) is 18.9. The highest BCUT2D eigenvalue weighted by Crippen LogP contribution is 2.67. The average Bonchev–Trinajstić information content (AvgIpc) is 2.90. The highest BCUT2D eigenvalue weighted by atomic mass is 16.3. The Bertz CT molecular complexity index is 655. The quantitative estimate of drug-likeness (QED) is 0.718. The molecule has 2 N–H and O–H groups in total. The molecule has 5 aliphatic rings. The van der Waals surface area contributed by atoms with Crippen LogP contribution < -0.4 is 5.32 Å². The molecule has 3 heteroatoms. The molecule has 5 fully saturated rings. The molecular formula is C24H37NO2. The number of hydrogen-bond donors (Lipinski definition) is 2. The predicted molar refractivity (Wildman–Crippen MR) is 107 cm³/mol. The SMILES string of the molecule is C[C@]12CC[C@H]3[C@@H](CC[C@@]4(O)C[C@H](/C=C\C5CNC5)CC[C@]34C)[C@@H]1CCC2=O. The first-order valence-corrected chi connectivity index (χ1v) is 11.5. The van der Waals surface area contributed by atoms with Gasteiger partial charge in [0, 0.05) is 30.8 Å². The fraction of sp³-hybridized carbons (Fsp3) is 0.875. The van der Waals surface area contributed by atoms with E-state index in [9.17, 15) is 9.90 Å². The molecule has 7 atom stereocenters. The van der Waals surface area contributed by atoms with Gasteiger partial charge in [-0.15, -0.1) is 0 Å². The van der Waals surface area contributed by atoms with Crippen molar-refractivity contribution in [1.29, 1.82) is 0 Å². The molecule has 0 aromatic heterocycles. The molecule has 0 unspecified atom stereocenters. The highest BCUT2D eigenvalue weighted by molar-refractivity contribution is 5.87. The summed E-state index contributed by atoms with van der Waals surface area (Å²) >= 11 is 0. The van der Waals surface area contributed by atoms with Crippen LogP contribution in [0.1, 0.15) is 71.6 Å². The van der Waals surface area contributed by atoms with E-state index in [0.717, 1.165) is 64.5 Å². The van der Waals surface area contributed by atoms with E-state index in [1.807, 2.05) is 0 Å². The maximum atomic E-state index is 12.6. The molecular weight excluding hydrogens is 334 g/mol. The van der Waals surface area contributed by atoms with Gasteiger partial charge in [-0.3, -0.25) is 4.79 Å². The molecule has 0 aromatic carbocycles. The van der Waals surface area contributed by atoms with E-state index >= 15 is 0 Å². The van der Waals surface area contributed by atoms with Crippen LogP contribution in [0.5, 0.6) is 0 Å². The number of aliphatic hydroxyl groups is 1. The van der Waals surface area contributed by atoms with E-state index in [1.54, 1.807) is 0 Å². The van der Waals surface area contributed by atoms with Crippen LogP contribution in [0.3, 0.4) is 0 Å². The molecule has 5 rings (SSSR count). The average molecular weight is 372 g/mol. The number of Topliss-reactive ketones (excluding diaryl/α,β-unsaturated/α-hetero) is 1. The number of carbonyl (C=O) groups is 1. The molecule has 0 amide bonds. The zero-order valence-corrected chi connectivity index (χ0v) is 17.2. The van der Waals surface area contributed by atoms with Crippen LogP contribution in [0.25, 0.3) is 0 Å². The minimum atomic E-state index is -0.504. The van der Waals surface area contributed by atoms with Crippen molar-refractivity contribution >= 4 is 5.78 Å². The van der Waals surface area contributed by atoms with Crippen LogP contribution in [0.4, 0.5) is 0 Å². The Labute approximate surface area is 164 Å². The molecule has 0 spiro atoms. The molecule has 0 bridgehead atoms. The first-order valence-electron chi connectivity index (χ1n) is 11.5. The maximum absolute atomic E-state index is 12.6. The molecule has 1 aliphatic heterocycles. The monoisotopic (exact) mass is 371 g/mol. The van der Waals surface area contributed by atoms with Crippen LogP contribution in [-0.2, 0) is 4.79 Å².